The molecule has 11 nitrogen and oxygen atoms in total. The normalized spacial score (nSPS) is 16.0. The van der Waals surface area contributed by atoms with Gasteiger partial charge in [0.1, 0.15) is 12.7 Å². The molecule has 0 saturated heterocycles. The highest BCUT2D eigenvalue weighted by atomic mass is 31.2. The second-order valence-electron chi connectivity index (χ2n) is 12.7. The maximum Gasteiger partial charge on any atom is 0.472 e. The fourth-order valence-electron chi connectivity index (χ4n) is 4.52. The molecule has 12 heteroatoms. The van der Waals surface area contributed by atoms with Gasteiger partial charge in [0, 0.05) is 12.8 Å². The topological polar surface area (TPSA) is 169 Å². The molecule has 0 aliphatic carbocycles. The van der Waals surface area contributed by atoms with E-state index in [-0.39, 0.29) is 19.4 Å². The number of aliphatic hydroxyl groups is 3. The van der Waals surface area contributed by atoms with Crippen molar-refractivity contribution in [1.29, 1.82) is 0 Å². The lowest BCUT2D eigenvalue weighted by molar-refractivity contribution is -0.161. The van der Waals surface area contributed by atoms with Crippen molar-refractivity contribution in [1.82, 2.24) is 0 Å². The van der Waals surface area contributed by atoms with Crippen molar-refractivity contribution < 1.29 is 52.9 Å². The molecule has 0 aromatic heterocycles. The molecule has 294 valence electrons. The van der Waals surface area contributed by atoms with E-state index in [9.17, 15) is 29.3 Å². The van der Waals surface area contributed by atoms with Gasteiger partial charge in [-0.05, 0) is 50.9 Å². The van der Waals surface area contributed by atoms with Gasteiger partial charge in [0.2, 0.25) is 0 Å². The third-order valence-electron chi connectivity index (χ3n) is 7.83. The highest BCUT2D eigenvalue weighted by Gasteiger charge is 2.27. The molecule has 0 fully saturated rings. The van der Waals surface area contributed by atoms with Gasteiger partial charge in [0.05, 0.1) is 25.9 Å². The summed E-state index contributed by atoms with van der Waals surface area (Å²) in [5.41, 5.74) is 0. The monoisotopic (exact) mass is 742 g/mol. The van der Waals surface area contributed by atoms with Crippen LogP contribution in [0.5, 0.6) is 0 Å². The summed E-state index contributed by atoms with van der Waals surface area (Å²) in [5.74, 6) is -0.384. The van der Waals surface area contributed by atoms with Crippen molar-refractivity contribution in [3.63, 3.8) is 0 Å². The molecule has 0 radical (unpaired) electrons. The Morgan fingerprint density at radius 3 is 1.94 bits per heavy atom. The lowest BCUT2D eigenvalue weighted by Crippen LogP contribution is -2.30. The van der Waals surface area contributed by atoms with E-state index in [1.807, 2.05) is 12.2 Å². The lowest BCUT2D eigenvalue weighted by Gasteiger charge is -2.20. The highest BCUT2D eigenvalue weighted by molar-refractivity contribution is 7.47. The molecule has 4 N–H and O–H groups in total. The van der Waals surface area contributed by atoms with E-state index in [0.29, 0.717) is 19.3 Å². The van der Waals surface area contributed by atoms with Crippen molar-refractivity contribution in [2.45, 2.75) is 142 Å². The number of carbonyl (C=O) groups excluding carboxylic acids is 2. The summed E-state index contributed by atoms with van der Waals surface area (Å²) >= 11 is 0. The standard InChI is InChI=1S/C39H67O11P/c1-4-6-7-8-9-10-11-12-13-14-15-19-22-26-35(41)27-24-29-39(44)50-37(33-49-51(45,46)48-31-36(42)30-40)32-47-38(43)28-23-20-17-16-18-21-25-34(3)5-2/h6-7,9-10,12-13,15,19,22,26,34-37,40-42H,4-5,8,11,14,16-18,20-21,23-25,27-33H2,1-3H3,(H,45,46)/b7-6-,10-9-,13-12-,19-15-,26-22+/t34?,35?,36-,37+/m0/s1. The van der Waals surface area contributed by atoms with Gasteiger partial charge in [-0.1, -0.05) is 126 Å². The second-order valence-corrected chi connectivity index (χ2v) is 14.1. The van der Waals surface area contributed by atoms with E-state index >= 15 is 0 Å². The number of allylic oxidation sites excluding steroid dienone is 9. The minimum atomic E-state index is -4.67. The molecule has 0 bridgehead atoms. The number of carbonyl (C=O) groups is 2. The van der Waals surface area contributed by atoms with E-state index in [0.717, 1.165) is 50.9 Å². The van der Waals surface area contributed by atoms with E-state index in [1.54, 1.807) is 12.2 Å². The maximum absolute atomic E-state index is 12.6. The molecular weight excluding hydrogens is 675 g/mol. The molecule has 0 aromatic rings. The van der Waals surface area contributed by atoms with Crippen molar-refractivity contribution in [3.8, 4) is 0 Å². The van der Waals surface area contributed by atoms with Crippen molar-refractivity contribution >= 4 is 19.8 Å². The summed E-state index contributed by atoms with van der Waals surface area (Å²) in [4.78, 5) is 34.8. The number of ether oxygens (including phenoxy) is 2. The molecule has 0 aliphatic heterocycles. The van der Waals surface area contributed by atoms with Crippen LogP contribution in [0.2, 0.25) is 0 Å². The van der Waals surface area contributed by atoms with Crippen LogP contribution in [0.25, 0.3) is 0 Å². The number of hydrogen-bond acceptors (Lipinski definition) is 10. The summed E-state index contributed by atoms with van der Waals surface area (Å²) in [7, 11) is -4.67. The van der Waals surface area contributed by atoms with Gasteiger partial charge in [-0.15, -0.1) is 0 Å². The maximum atomic E-state index is 12.6. The molecule has 0 amide bonds. The SMILES string of the molecule is CC/C=C\C/C=C\C/C=C\C/C=C\C=C\C(O)CCCC(=O)O[C@H](COC(=O)CCCCCCCCC(C)CC)COP(=O)(O)OC[C@@H](O)CO. The molecule has 51 heavy (non-hydrogen) atoms. The summed E-state index contributed by atoms with van der Waals surface area (Å²) in [6, 6.07) is 0. The van der Waals surface area contributed by atoms with Gasteiger partial charge in [-0.25, -0.2) is 4.57 Å². The van der Waals surface area contributed by atoms with Gasteiger partial charge in [0.25, 0.3) is 0 Å². The van der Waals surface area contributed by atoms with E-state index in [2.05, 4.69) is 61.8 Å². The first kappa shape index (κ1) is 48.6. The van der Waals surface area contributed by atoms with Gasteiger partial charge >= 0.3 is 19.8 Å². The van der Waals surface area contributed by atoms with Crippen LogP contribution in [0, 0.1) is 5.92 Å². The first-order valence-electron chi connectivity index (χ1n) is 18.7. The number of unbranched alkanes of at least 4 members (excludes halogenated alkanes) is 5. The number of rotatable bonds is 33. The Kier molecular flexibility index (Phi) is 31.9. The minimum Gasteiger partial charge on any atom is -0.462 e. The lowest BCUT2D eigenvalue weighted by atomic mass is 10.00. The molecule has 0 rings (SSSR count). The van der Waals surface area contributed by atoms with E-state index in [4.69, 9.17) is 19.1 Å². The summed E-state index contributed by atoms with van der Waals surface area (Å²) in [6.45, 7) is 4.26. The predicted molar refractivity (Wildman–Crippen MR) is 202 cm³/mol. The van der Waals surface area contributed by atoms with Crippen LogP contribution < -0.4 is 0 Å². The Bertz CT molecular complexity index is 1070. The smallest absolute Gasteiger partial charge is 0.462 e. The number of aliphatic hydroxyl groups excluding tert-OH is 3. The van der Waals surface area contributed by atoms with Gasteiger partial charge < -0.3 is 29.7 Å². The number of phosphoric acid groups is 1. The fraction of sp³-hybridized carbons (Fsp3) is 0.692. The predicted octanol–water partition coefficient (Wildman–Crippen LogP) is 7.99. The zero-order chi connectivity index (χ0) is 38.0. The second kappa shape index (κ2) is 33.5. The van der Waals surface area contributed by atoms with E-state index in [1.165, 1.54) is 25.7 Å². The number of esters is 2. The van der Waals surface area contributed by atoms with Gasteiger partial charge in [-0.3, -0.25) is 18.6 Å². The molecule has 0 heterocycles. The summed E-state index contributed by atoms with van der Waals surface area (Å²) < 4.78 is 32.4. The van der Waals surface area contributed by atoms with Crippen molar-refractivity contribution in [2.75, 3.05) is 26.4 Å². The summed E-state index contributed by atoms with van der Waals surface area (Å²) in [6.07, 6.45) is 29.6. The largest absolute Gasteiger partial charge is 0.472 e. The average Bonchev–Trinajstić information content (AvgIpc) is 3.11. The third-order valence-corrected chi connectivity index (χ3v) is 8.78. The van der Waals surface area contributed by atoms with Crippen LogP contribution >= 0.6 is 7.82 Å². The summed E-state index contributed by atoms with van der Waals surface area (Å²) in [5, 5.41) is 28.5. The molecule has 0 aliphatic rings. The minimum absolute atomic E-state index is 0.0490. The van der Waals surface area contributed by atoms with Crippen LogP contribution in [-0.4, -0.2) is 76.9 Å². The zero-order valence-electron chi connectivity index (χ0n) is 31.3. The molecule has 0 saturated carbocycles. The number of phosphoric ester groups is 1. The van der Waals surface area contributed by atoms with Gasteiger partial charge in [-0.2, -0.15) is 0 Å². The molecule has 3 unspecified atom stereocenters. The zero-order valence-corrected chi connectivity index (χ0v) is 32.2. The molecular formula is C39H67O11P. The highest BCUT2D eigenvalue weighted by Crippen LogP contribution is 2.43. The molecule has 0 aromatic carbocycles. The Morgan fingerprint density at radius 2 is 1.29 bits per heavy atom. The third kappa shape index (κ3) is 33.2. The number of hydrogen-bond donors (Lipinski definition) is 4. The average molecular weight is 743 g/mol. The molecule has 5 atom stereocenters. The van der Waals surface area contributed by atoms with Crippen LogP contribution in [-0.2, 0) is 32.7 Å². The molecule has 0 spiro atoms. The van der Waals surface area contributed by atoms with Crippen LogP contribution in [0.1, 0.15) is 124 Å². The van der Waals surface area contributed by atoms with Crippen molar-refractivity contribution in [2.24, 2.45) is 5.92 Å². The van der Waals surface area contributed by atoms with Gasteiger partial charge in [0.15, 0.2) is 6.10 Å². The van der Waals surface area contributed by atoms with Crippen LogP contribution in [0.15, 0.2) is 60.8 Å². The first-order chi connectivity index (χ1) is 24.5. The quantitative estimate of drug-likeness (QED) is 0.0169. The van der Waals surface area contributed by atoms with E-state index < -0.39 is 57.9 Å². The van der Waals surface area contributed by atoms with Crippen molar-refractivity contribution in [3.05, 3.63) is 60.8 Å². The first-order valence-corrected chi connectivity index (χ1v) is 20.2. The van der Waals surface area contributed by atoms with Crippen LogP contribution in [0.4, 0.5) is 0 Å². The fourth-order valence-corrected chi connectivity index (χ4v) is 5.31. The Hall–Kier alpha value is -2.37. The van der Waals surface area contributed by atoms with Crippen LogP contribution in [0.3, 0.4) is 0 Å². The Morgan fingerprint density at radius 1 is 0.706 bits per heavy atom. The Balaban J connectivity index is 4.63. The Labute approximate surface area is 307 Å².